The second-order valence-corrected chi connectivity index (χ2v) is 9.17. The van der Waals surface area contributed by atoms with Crippen LogP contribution in [-0.4, -0.2) is 31.0 Å². The number of nitrogens with zero attached hydrogens (tertiary/aromatic N) is 1. The highest BCUT2D eigenvalue weighted by Crippen LogP contribution is 2.36. The molecule has 1 aliphatic carbocycles. The fourth-order valence-electron chi connectivity index (χ4n) is 4.79. The van der Waals surface area contributed by atoms with Gasteiger partial charge in [0.2, 0.25) is 0 Å². The minimum absolute atomic E-state index is 0.132. The molecule has 6 nitrogen and oxygen atoms in total. The number of carbonyl (C=O) groups is 3. The van der Waals surface area contributed by atoms with Gasteiger partial charge in [-0.15, -0.1) is 0 Å². The lowest BCUT2D eigenvalue weighted by Gasteiger charge is -2.36. The first kappa shape index (κ1) is 22.1. The molecule has 2 aromatic carbocycles. The second kappa shape index (κ2) is 8.77. The van der Waals surface area contributed by atoms with Gasteiger partial charge in [-0.2, -0.15) is 0 Å². The maximum Gasteiger partial charge on any atom is 0.338 e. The standard InChI is InChI=1S/C26H29NO5/c1-15(2)20-11-5-16(3)13-23(20)32-26(30)17-6-12-21-22(14-17)25(29)27(24(21)28)18-7-9-19(31-4)10-8-18/h6-10,12,14-16,20,23H,5,11,13H2,1-4H3/t16-,20+,23-/m1/s1. The number of esters is 1. The first-order valence-electron chi connectivity index (χ1n) is 11.2. The molecular formula is C26H29NO5. The average Bonchev–Trinajstić information content (AvgIpc) is 3.03. The second-order valence-electron chi connectivity index (χ2n) is 9.17. The highest BCUT2D eigenvalue weighted by molar-refractivity contribution is 6.34. The number of rotatable bonds is 5. The van der Waals surface area contributed by atoms with Crippen molar-refractivity contribution in [1.29, 1.82) is 0 Å². The molecule has 0 unspecified atom stereocenters. The quantitative estimate of drug-likeness (QED) is 0.482. The van der Waals surface area contributed by atoms with Crippen LogP contribution in [0.25, 0.3) is 0 Å². The monoisotopic (exact) mass is 435 g/mol. The molecule has 1 heterocycles. The molecular weight excluding hydrogens is 406 g/mol. The van der Waals surface area contributed by atoms with Crippen LogP contribution in [0.15, 0.2) is 42.5 Å². The van der Waals surface area contributed by atoms with Gasteiger partial charge in [0.05, 0.1) is 29.5 Å². The molecule has 1 aliphatic heterocycles. The Morgan fingerprint density at radius 2 is 1.69 bits per heavy atom. The van der Waals surface area contributed by atoms with Crippen LogP contribution < -0.4 is 9.64 Å². The van der Waals surface area contributed by atoms with E-state index in [2.05, 4.69) is 20.8 Å². The van der Waals surface area contributed by atoms with Crippen LogP contribution in [-0.2, 0) is 4.74 Å². The van der Waals surface area contributed by atoms with Crippen LogP contribution in [0, 0.1) is 17.8 Å². The predicted octanol–water partition coefficient (Wildman–Crippen LogP) is 5.11. The van der Waals surface area contributed by atoms with E-state index in [4.69, 9.17) is 9.47 Å². The number of anilines is 1. The van der Waals surface area contributed by atoms with Crippen molar-refractivity contribution in [2.45, 2.75) is 46.1 Å². The number of benzene rings is 2. The van der Waals surface area contributed by atoms with Crippen molar-refractivity contribution in [2.75, 3.05) is 12.0 Å². The van der Waals surface area contributed by atoms with Gasteiger partial charge >= 0.3 is 5.97 Å². The zero-order valence-corrected chi connectivity index (χ0v) is 19.0. The summed E-state index contributed by atoms with van der Waals surface area (Å²) in [5.74, 6) is 0.607. The summed E-state index contributed by atoms with van der Waals surface area (Å²) in [6, 6.07) is 11.3. The maximum absolute atomic E-state index is 13.0. The zero-order chi connectivity index (χ0) is 23.0. The van der Waals surface area contributed by atoms with Gasteiger partial charge in [-0.25, -0.2) is 9.69 Å². The SMILES string of the molecule is COc1ccc(N2C(=O)c3ccc(C(=O)O[C@@H]4C[C@H](C)CC[C@H]4C(C)C)cc3C2=O)cc1. The van der Waals surface area contributed by atoms with Gasteiger partial charge in [-0.3, -0.25) is 9.59 Å². The van der Waals surface area contributed by atoms with Gasteiger partial charge in [0.25, 0.3) is 11.8 Å². The van der Waals surface area contributed by atoms with Crippen LogP contribution >= 0.6 is 0 Å². The molecule has 168 valence electrons. The lowest BCUT2D eigenvalue weighted by molar-refractivity contribution is -0.0174. The lowest BCUT2D eigenvalue weighted by atomic mass is 9.75. The van der Waals surface area contributed by atoms with Crippen LogP contribution in [0.5, 0.6) is 5.75 Å². The topological polar surface area (TPSA) is 72.9 Å². The number of hydrogen-bond donors (Lipinski definition) is 0. The highest BCUT2D eigenvalue weighted by atomic mass is 16.5. The van der Waals surface area contributed by atoms with Crippen LogP contribution in [0.1, 0.15) is 71.1 Å². The molecule has 0 bridgehead atoms. The highest BCUT2D eigenvalue weighted by Gasteiger charge is 2.38. The van der Waals surface area contributed by atoms with Crippen molar-refractivity contribution in [3.63, 3.8) is 0 Å². The predicted molar refractivity (Wildman–Crippen MR) is 121 cm³/mol. The first-order valence-corrected chi connectivity index (χ1v) is 11.2. The molecule has 0 N–H and O–H groups in total. The van der Waals surface area contributed by atoms with E-state index in [0.717, 1.165) is 24.2 Å². The van der Waals surface area contributed by atoms with E-state index in [1.807, 2.05) is 0 Å². The molecule has 1 saturated carbocycles. The number of hydrogen-bond acceptors (Lipinski definition) is 5. The number of methoxy groups -OCH3 is 1. The Kier molecular flexibility index (Phi) is 6.04. The number of imide groups is 1. The minimum atomic E-state index is -0.448. The Morgan fingerprint density at radius 3 is 2.34 bits per heavy atom. The Labute approximate surface area is 188 Å². The van der Waals surface area contributed by atoms with Crippen molar-refractivity contribution < 1.29 is 23.9 Å². The summed E-state index contributed by atoms with van der Waals surface area (Å²) < 4.78 is 11.1. The minimum Gasteiger partial charge on any atom is -0.497 e. The van der Waals surface area contributed by atoms with Crippen molar-refractivity contribution in [1.82, 2.24) is 0 Å². The van der Waals surface area contributed by atoms with Crippen LogP contribution in [0.4, 0.5) is 5.69 Å². The Morgan fingerprint density at radius 1 is 1.00 bits per heavy atom. The van der Waals surface area contributed by atoms with Gasteiger partial charge < -0.3 is 9.47 Å². The van der Waals surface area contributed by atoms with Crippen molar-refractivity contribution in [3.05, 3.63) is 59.2 Å². The van der Waals surface area contributed by atoms with E-state index >= 15 is 0 Å². The fourth-order valence-corrected chi connectivity index (χ4v) is 4.79. The molecule has 32 heavy (non-hydrogen) atoms. The molecule has 0 radical (unpaired) electrons. The maximum atomic E-state index is 13.0. The first-order chi connectivity index (χ1) is 15.3. The molecule has 0 saturated heterocycles. The Balaban J connectivity index is 1.56. The molecule has 2 aromatic rings. The average molecular weight is 436 g/mol. The Bertz CT molecular complexity index is 1040. The number of amides is 2. The third kappa shape index (κ3) is 4.01. The summed E-state index contributed by atoms with van der Waals surface area (Å²) in [7, 11) is 1.55. The van der Waals surface area contributed by atoms with E-state index in [9.17, 15) is 14.4 Å². The molecule has 1 fully saturated rings. The summed E-state index contributed by atoms with van der Waals surface area (Å²) >= 11 is 0. The smallest absolute Gasteiger partial charge is 0.338 e. The molecule has 2 amide bonds. The lowest BCUT2D eigenvalue weighted by Crippen LogP contribution is -2.35. The molecule has 6 heteroatoms. The van der Waals surface area contributed by atoms with E-state index in [1.54, 1.807) is 43.5 Å². The number of ether oxygens (including phenoxy) is 2. The van der Waals surface area contributed by atoms with E-state index in [1.165, 1.54) is 6.07 Å². The molecule has 4 rings (SSSR count). The molecule has 0 aromatic heterocycles. The third-order valence-electron chi connectivity index (χ3n) is 6.67. The van der Waals surface area contributed by atoms with Gasteiger partial charge in [-0.1, -0.05) is 27.2 Å². The van der Waals surface area contributed by atoms with Crippen molar-refractivity contribution in [2.24, 2.45) is 17.8 Å². The van der Waals surface area contributed by atoms with E-state index in [0.29, 0.717) is 34.8 Å². The number of carbonyl (C=O) groups excluding carboxylic acids is 3. The van der Waals surface area contributed by atoms with Crippen LogP contribution in [0.3, 0.4) is 0 Å². The van der Waals surface area contributed by atoms with Gasteiger partial charge in [0.1, 0.15) is 11.9 Å². The summed E-state index contributed by atoms with van der Waals surface area (Å²) in [4.78, 5) is 40.0. The van der Waals surface area contributed by atoms with Crippen molar-refractivity contribution >= 4 is 23.5 Å². The van der Waals surface area contributed by atoms with E-state index in [-0.39, 0.29) is 17.2 Å². The molecule has 0 spiro atoms. The largest absolute Gasteiger partial charge is 0.497 e. The number of fused-ring (bicyclic) bond motifs is 1. The Hall–Kier alpha value is -3.15. The zero-order valence-electron chi connectivity index (χ0n) is 19.0. The summed E-state index contributed by atoms with van der Waals surface area (Å²) in [6.45, 7) is 6.51. The normalized spacial score (nSPS) is 22.8. The van der Waals surface area contributed by atoms with Crippen molar-refractivity contribution in [3.8, 4) is 5.75 Å². The fraction of sp³-hybridized carbons (Fsp3) is 0.423. The summed E-state index contributed by atoms with van der Waals surface area (Å²) in [5, 5.41) is 0. The third-order valence-corrected chi connectivity index (χ3v) is 6.67. The van der Waals surface area contributed by atoms with Gasteiger partial charge in [0, 0.05) is 0 Å². The van der Waals surface area contributed by atoms with Gasteiger partial charge in [-0.05, 0) is 73.1 Å². The molecule has 2 aliphatic rings. The molecule has 3 atom stereocenters. The van der Waals surface area contributed by atoms with Crippen LogP contribution in [0.2, 0.25) is 0 Å². The summed E-state index contributed by atoms with van der Waals surface area (Å²) in [6.07, 6.45) is 2.91. The van der Waals surface area contributed by atoms with E-state index < -0.39 is 17.8 Å². The van der Waals surface area contributed by atoms with Gasteiger partial charge in [0.15, 0.2) is 0 Å². The summed E-state index contributed by atoms with van der Waals surface area (Å²) in [5.41, 5.74) is 1.26.